The lowest BCUT2D eigenvalue weighted by molar-refractivity contribution is -0.127. The summed E-state index contributed by atoms with van der Waals surface area (Å²) < 4.78 is 12.1. The Balaban J connectivity index is 1.96. The molecule has 1 N–H and O–H groups in total. The molecular weight excluding hydrogens is 420 g/mol. The van der Waals surface area contributed by atoms with E-state index >= 15 is 0 Å². The summed E-state index contributed by atoms with van der Waals surface area (Å²) in [5, 5.41) is 4.54. The van der Waals surface area contributed by atoms with Crippen LogP contribution in [0.2, 0.25) is 5.02 Å². The topological polar surface area (TPSA) is 59.9 Å². The van der Waals surface area contributed by atoms with Gasteiger partial charge in [-0.2, -0.15) is 5.10 Å². The summed E-state index contributed by atoms with van der Waals surface area (Å²) in [6, 6.07) is 12.5. The third kappa shape index (κ3) is 6.35. The van der Waals surface area contributed by atoms with Gasteiger partial charge >= 0.3 is 0 Å². The zero-order valence-corrected chi connectivity index (χ0v) is 16.9. The Morgan fingerprint density at radius 3 is 2.88 bits per heavy atom. The first-order valence-electron chi connectivity index (χ1n) is 8.17. The number of nitrogens with zero attached hydrogens (tertiary/aromatic N) is 1. The van der Waals surface area contributed by atoms with Gasteiger partial charge in [0, 0.05) is 15.1 Å². The predicted molar refractivity (Wildman–Crippen MR) is 107 cm³/mol. The number of halogens is 2. The highest BCUT2D eigenvalue weighted by molar-refractivity contribution is 9.10. The molecule has 1 amide bonds. The van der Waals surface area contributed by atoms with E-state index in [4.69, 9.17) is 21.1 Å². The van der Waals surface area contributed by atoms with E-state index in [1.807, 2.05) is 25.1 Å². The second-order valence-electron chi connectivity index (χ2n) is 5.48. The minimum Gasteiger partial charge on any atom is -0.493 e. The summed E-state index contributed by atoms with van der Waals surface area (Å²) in [5.41, 5.74) is 3.23. The van der Waals surface area contributed by atoms with E-state index in [-0.39, 0.29) is 5.91 Å². The lowest BCUT2D eigenvalue weighted by Crippen LogP contribution is -2.33. The van der Waals surface area contributed by atoms with Gasteiger partial charge in [0.1, 0.15) is 11.5 Å². The quantitative estimate of drug-likeness (QED) is 0.474. The van der Waals surface area contributed by atoms with E-state index in [9.17, 15) is 4.79 Å². The van der Waals surface area contributed by atoms with Crippen LogP contribution < -0.4 is 14.9 Å². The van der Waals surface area contributed by atoms with E-state index in [2.05, 4.69) is 26.5 Å². The van der Waals surface area contributed by atoms with Crippen LogP contribution in [-0.4, -0.2) is 24.8 Å². The lowest BCUT2D eigenvalue weighted by Gasteiger charge is -2.13. The highest BCUT2D eigenvalue weighted by Gasteiger charge is 2.14. The fraction of sp³-hybridized carbons (Fsp3) is 0.263. The van der Waals surface area contributed by atoms with Crippen LogP contribution in [0.5, 0.6) is 11.5 Å². The molecule has 0 heterocycles. The van der Waals surface area contributed by atoms with Crippen molar-refractivity contribution in [2.75, 3.05) is 6.61 Å². The largest absolute Gasteiger partial charge is 0.493 e. The average molecular weight is 440 g/mol. The number of hydrazone groups is 1. The smallest absolute Gasteiger partial charge is 0.280 e. The molecule has 0 spiro atoms. The molecule has 0 aliphatic rings. The molecule has 1 atom stereocenters. The molecule has 2 aromatic carbocycles. The van der Waals surface area contributed by atoms with Crippen molar-refractivity contribution in [1.29, 1.82) is 0 Å². The summed E-state index contributed by atoms with van der Waals surface area (Å²) >= 11 is 9.32. The van der Waals surface area contributed by atoms with Crippen molar-refractivity contribution in [3.8, 4) is 11.5 Å². The highest BCUT2D eigenvalue weighted by Crippen LogP contribution is 2.22. The van der Waals surface area contributed by atoms with Crippen LogP contribution in [0, 0.1) is 0 Å². The molecule has 0 aliphatic heterocycles. The van der Waals surface area contributed by atoms with E-state index in [1.165, 1.54) is 0 Å². The Bertz CT molecular complexity index is 783. The molecule has 7 heteroatoms. The van der Waals surface area contributed by atoms with Crippen LogP contribution in [0.25, 0.3) is 0 Å². The van der Waals surface area contributed by atoms with E-state index in [0.29, 0.717) is 23.1 Å². The fourth-order valence-electron chi connectivity index (χ4n) is 2.02. The molecule has 0 fully saturated rings. The molecule has 1 unspecified atom stereocenters. The van der Waals surface area contributed by atoms with Crippen LogP contribution in [0.3, 0.4) is 0 Å². The Morgan fingerprint density at radius 2 is 2.15 bits per heavy atom. The van der Waals surface area contributed by atoms with Gasteiger partial charge in [-0.1, -0.05) is 40.5 Å². The van der Waals surface area contributed by atoms with Crippen LogP contribution in [0.1, 0.15) is 25.8 Å². The summed E-state index contributed by atoms with van der Waals surface area (Å²) in [6.45, 7) is 4.29. The standard InChI is InChI=1S/C19H20BrClN2O3/c1-3-9-25-18-8-7-15(20)10-14(18)12-22-23-19(24)13(2)26-17-6-4-5-16(21)11-17/h4-8,10-13H,3,9H2,1-2H3,(H,23,24). The molecule has 2 aromatic rings. The van der Waals surface area contributed by atoms with Crippen molar-refractivity contribution in [2.45, 2.75) is 26.4 Å². The maximum Gasteiger partial charge on any atom is 0.280 e. The molecule has 0 aromatic heterocycles. The molecule has 2 rings (SSSR count). The Morgan fingerprint density at radius 1 is 1.35 bits per heavy atom. The number of hydrogen-bond acceptors (Lipinski definition) is 4. The Kier molecular flexibility index (Phi) is 7.94. The first kappa shape index (κ1) is 20.3. The van der Waals surface area contributed by atoms with Crippen LogP contribution >= 0.6 is 27.5 Å². The second-order valence-corrected chi connectivity index (χ2v) is 6.83. The van der Waals surface area contributed by atoms with E-state index in [0.717, 1.165) is 16.5 Å². The third-order valence-corrected chi connectivity index (χ3v) is 4.02. The number of hydrogen-bond donors (Lipinski definition) is 1. The number of amides is 1. The van der Waals surface area contributed by atoms with Crippen molar-refractivity contribution in [3.05, 3.63) is 57.5 Å². The van der Waals surface area contributed by atoms with Gasteiger partial charge in [-0.05, 0) is 49.7 Å². The lowest BCUT2D eigenvalue weighted by atomic mass is 10.2. The molecule has 0 aliphatic carbocycles. The summed E-state index contributed by atoms with van der Waals surface area (Å²) in [4.78, 5) is 12.1. The normalized spacial score (nSPS) is 12.0. The number of carbonyl (C=O) groups is 1. The van der Waals surface area contributed by atoms with E-state index in [1.54, 1.807) is 37.4 Å². The molecular formula is C19H20BrClN2O3. The first-order valence-corrected chi connectivity index (χ1v) is 9.34. The minimum atomic E-state index is -0.719. The van der Waals surface area contributed by atoms with Crippen molar-refractivity contribution < 1.29 is 14.3 Å². The minimum absolute atomic E-state index is 0.368. The maximum absolute atomic E-state index is 12.1. The Labute approximate surface area is 166 Å². The zero-order chi connectivity index (χ0) is 18.9. The fourth-order valence-corrected chi connectivity index (χ4v) is 2.58. The zero-order valence-electron chi connectivity index (χ0n) is 14.5. The van der Waals surface area contributed by atoms with Gasteiger partial charge < -0.3 is 9.47 Å². The number of carbonyl (C=O) groups excluding carboxylic acids is 1. The molecule has 5 nitrogen and oxygen atoms in total. The summed E-state index contributed by atoms with van der Waals surface area (Å²) in [6.07, 6.45) is 1.73. The predicted octanol–water partition coefficient (Wildman–Crippen LogP) is 4.81. The van der Waals surface area contributed by atoms with Crippen molar-refractivity contribution in [1.82, 2.24) is 5.43 Å². The van der Waals surface area contributed by atoms with Crippen LogP contribution in [0.15, 0.2) is 52.0 Å². The van der Waals surface area contributed by atoms with Gasteiger partial charge in [-0.15, -0.1) is 0 Å². The second kappa shape index (κ2) is 10.2. The highest BCUT2D eigenvalue weighted by atomic mass is 79.9. The molecule has 0 radical (unpaired) electrons. The SMILES string of the molecule is CCCOc1ccc(Br)cc1C=NNC(=O)C(C)Oc1cccc(Cl)c1. The number of ether oxygens (including phenoxy) is 2. The molecule has 138 valence electrons. The Hall–Kier alpha value is -2.05. The number of rotatable bonds is 8. The van der Waals surface area contributed by atoms with Gasteiger partial charge in [0.15, 0.2) is 6.10 Å². The van der Waals surface area contributed by atoms with Gasteiger partial charge in [0.25, 0.3) is 5.91 Å². The molecule has 0 saturated carbocycles. The monoisotopic (exact) mass is 438 g/mol. The number of nitrogens with one attached hydrogen (secondary N) is 1. The van der Waals surface area contributed by atoms with Crippen molar-refractivity contribution in [3.63, 3.8) is 0 Å². The van der Waals surface area contributed by atoms with Crippen molar-refractivity contribution in [2.24, 2.45) is 5.10 Å². The van der Waals surface area contributed by atoms with Crippen LogP contribution in [0.4, 0.5) is 0 Å². The molecule has 0 saturated heterocycles. The molecule has 0 bridgehead atoms. The van der Waals surface area contributed by atoms with Crippen LogP contribution in [-0.2, 0) is 4.79 Å². The average Bonchev–Trinajstić information content (AvgIpc) is 2.61. The van der Waals surface area contributed by atoms with Gasteiger partial charge in [-0.3, -0.25) is 4.79 Å². The van der Waals surface area contributed by atoms with Gasteiger partial charge in [-0.25, -0.2) is 5.43 Å². The molecule has 26 heavy (non-hydrogen) atoms. The third-order valence-electron chi connectivity index (χ3n) is 3.29. The van der Waals surface area contributed by atoms with Crippen molar-refractivity contribution >= 4 is 39.7 Å². The van der Waals surface area contributed by atoms with Gasteiger partial charge in [0.05, 0.1) is 12.8 Å². The first-order chi connectivity index (χ1) is 12.5. The summed E-state index contributed by atoms with van der Waals surface area (Å²) in [5.74, 6) is 0.856. The number of benzene rings is 2. The van der Waals surface area contributed by atoms with E-state index < -0.39 is 6.10 Å². The van der Waals surface area contributed by atoms with Gasteiger partial charge in [0.2, 0.25) is 0 Å². The summed E-state index contributed by atoms with van der Waals surface area (Å²) in [7, 11) is 0. The maximum atomic E-state index is 12.1.